The van der Waals surface area contributed by atoms with Crippen LogP contribution in [0.3, 0.4) is 0 Å². The predicted molar refractivity (Wildman–Crippen MR) is 70.4 cm³/mol. The molecule has 0 amide bonds. The minimum atomic E-state index is -0.640. The van der Waals surface area contributed by atoms with Gasteiger partial charge < -0.3 is 14.6 Å². The van der Waals surface area contributed by atoms with E-state index in [4.69, 9.17) is 9.47 Å². The number of hydrogen-bond acceptors (Lipinski definition) is 4. The molecule has 1 aliphatic rings. The number of thiophene rings is 1. The minimum Gasteiger partial charge on any atom is -0.486 e. The topological polar surface area (TPSA) is 38.7 Å². The minimum absolute atomic E-state index is 0.350. The Labute approximate surface area is 110 Å². The molecular weight excluding hydrogens is 248 g/mol. The van der Waals surface area contributed by atoms with Gasteiger partial charge in [0.05, 0.1) is 0 Å². The van der Waals surface area contributed by atoms with Gasteiger partial charge in [0, 0.05) is 4.88 Å². The van der Waals surface area contributed by atoms with Gasteiger partial charge >= 0.3 is 0 Å². The van der Waals surface area contributed by atoms with Gasteiger partial charge in [0.2, 0.25) is 0 Å². The van der Waals surface area contributed by atoms with E-state index in [1.807, 2.05) is 42.6 Å². The molecule has 2 atom stereocenters. The van der Waals surface area contributed by atoms with Gasteiger partial charge in [-0.25, -0.2) is 0 Å². The number of fused-ring (bicyclic) bond motifs is 1. The second-order valence-electron chi connectivity index (χ2n) is 4.33. The average molecular weight is 262 g/mol. The van der Waals surface area contributed by atoms with Crippen molar-refractivity contribution in [2.45, 2.75) is 19.1 Å². The lowest BCUT2D eigenvalue weighted by Crippen LogP contribution is -2.34. The molecule has 94 valence electrons. The Balaban J connectivity index is 1.82. The van der Waals surface area contributed by atoms with Gasteiger partial charge in [0.1, 0.15) is 12.7 Å². The molecule has 4 heteroatoms. The van der Waals surface area contributed by atoms with Gasteiger partial charge in [-0.1, -0.05) is 12.1 Å². The molecule has 2 unspecified atom stereocenters. The average Bonchev–Trinajstić information content (AvgIpc) is 2.83. The molecule has 0 fully saturated rings. The standard InChI is InChI=1S/C14H14O3S/c1-9-6-7-18-14(9)13(15)12-8-16-10-4-2-3-5-11(10)17-12/h2-7,12-13,15H,8H2,1H3. The van der Waals surface area contributed by atoms with E-state index in [0.717, 1.165) is 16.2 Å². The number of rotatable bonds is 2. The molecule has 2 aromatic rings. The van der Waals surface area contributed by atoms with Crippen LogP contribution in [0.2, 0.25) is 0 Å². The molecule has 1 aromatic carbocycles. The highest BCUT2D eigenvalue weighted by molar-refractivity contribution is 7.10. The second-order valence-corrected chi connectivity index (χ2v) is 5.27. The van der Waals surface area contributed by atoms with Crippen molar-refractivity contribution in [3.63, 3.8) is 0 Å². The van der Waals surface area contributed by atoms with Crippen LogP contribution in [-0.4, -0.2) is 17.8 Å². The largest absolute Gasteiger partial charge is 0.486 e. The Kier molecular flexibility index (Phi) is 2.97. The monoisotopic (exact) mass is 262 g/mol. The predicted octanol–water partition coefficient (Wildman–Crippen LogP) is 2.93. The summed E-state index contributed by atoms with van der Waals surface area (Å²) in [5, 5.41) is 12.3. The fourth-order valence-corrected chi connectivity index (χ4v) is 3.01. The van der Waals surface area contributed by atoms with Gasteiger partial charge in [-0.3, -0.25) is 0 Å². The SMILES string of the molecule is Cc1ccsc1C(O)C1COc2ccccc2O1. The lowest BCUT2D eigenvalue weighted by atomic mass is 10.1. The van der Waals surface area contributed by atoms with Gasteiger partial charge in [-0.05, 0) is 36.1 Å². The van der Waals surface area contributed by atoms with Crippen molar-refractivity contribution in [3.8, 4) is 11.5 Å². The summed E-state index contributed by atoms with van der Waals surface area (Å²) in [6.45, 7) is 2.36. The van der Waals surface area contributed by atoms with E-state index in [-0.39, 0.29) is 6.10 Å². The van der Waals surface area contributed by atoms with Crippen LogP contribution in [0.25, 0.3) is 0 Å². The summed E-state index contributed by atoms with van der Waals surface area (Å²) in [5.41, 5.74) is 1.09. The zero-order valence-electron chi connectivity index (χ0n) is 10.00. The van der Waals surface area contributed by atoms with Crippen LogP contribution in [0.15, 0.2) is 35.7 Å². The Morgan fingerprint density at radius 1 is 1.28 bits per heavy atom. The molecular formula is C14H14O3S. The normalized spacial score (nSPS) is 19.6. The van der Waals surface area contributed by atoms with Crippen LogP contribution in [-0.2, 0) is 0 Å². The van der Waals surface area contributed by atoms with Crippen molar-refractivity contribution < 1.29 is 14.6 Å². The Bertz CT molecular complexity index is 549. The zero-order valence-corrected chi connectivity index (χ0v) is 10.8. The van der Waals surface area contributed by atoms with E-state index in [1.165, 1.54) is 0 Å². The third-order valence-corrected chi connectivity index (χ3v) is 4.14. The number of aliphatic hydroxyl groups is 1. The maximum Gasteiger partial charge on any atom is 0.163 e. The third-order valence-electron chi connectivity index (χ3n) is 3.05. The Hall–Kier alpha value is -1.52. The molecule has 3 rings (SSSR count). The molecule has 2 heterocycles. The summed E-state index contributed by atoms with van der Waals surface area (Å²) < 4.78 is 11.4. The van der Waals surface area contributed by atoms with Crippen molar-refractivity contribution in [2.24, 2.45) is 0 Å². The van der Waals surface area contributed by atoms with Crippen molar-refractivity contribution in [2.75, 3.05) is 6.61 Å². The lowest BCUT2D eigenvalue weighted by molar-refractivity contribution is -0.00983. The first-order valence-electron chi connectivity index (χ1n) is 5.86. The van der Waals surface area contributed by atoms with Crippen LogP contribution in [0.1, 0.15) is 16.5 Å². The molecule has 1 aliphatic heterocycles. The van der Waals surface area contributed by atoms with Crippen molar-refractivity contribution in [3.05, 3.63) is 46.2 Å². The third kappa shape index (κ3) is 1.98. The van der Waals surface area contributed by atoms with Gasteiger partial charge in [0.15, 0.2) is 17.6 Å². The van der Waals surface area contributed by atoms with E-state index in [9.17, 15) is 5.11 Å². The summed E-state index contributed by atoms with van der Waals surface area (Å²) >= 11 is 1.55. The number of hydrogen-bond donors (Lipinski definition) is 1. The smallest absolute Gasteiger partial charge is 0.163 e. The number of benzene rings is 1. The van der Waals surface area contributed by atoms with Crippen LogP contribution in [0, 0.1) is 6.92 Å². The Morgan fingerprint density at radius 3 is 2.78 bits per heavy atom. The second kappa shape index (κ2) is 4.63. The molecule has 0 bridgehead atoms. The first-order valence-corrected chi connectivity index (χ1v) is 6.74. The van der Waals surface area contributed by atoms with E-state index < -0.39 is 6.10 Å². The lowest BCUT2D eigenvalue weighted by Gasteiger charge is -2.29. The van der Waals surface area contributed by atoms with Crippen molar-refractivity contribution >= 4 is 11.3 Å². The van der Waals surface area contributed by atoms with Crippen LogP contribution in [0.4, 0.5) is 0 Å². The number of para-hydroxylation sites is 2. The van der Waals surface area contributed by atoms with Crippen LogP contribution < -0.4 is 9.47 Å². The van der Waals surface area contributed by atoms with Gasteiger partial charge in [0.25, 0.3) is 0 Å². The molecule has 0 saturated carbocycles. The summed E-state index contributed by atoms with van der Waals surface area (Å²) in [5.74, 6) is 1.44. The quantitative estimate of drug-likeness (QED) is 0.904. The molecule has 0 saturated heterocycles. The summed E-state index contributed by atoms with van der Waals surface area (Å²) in [6.07, 6.45) is -0.990. The summed E-state index contributed by atoms with van der Waals surface area (Å²) in [6, 6.07) is 9.53. The van der Waals surface area contributed by atoms with Crippen LogP contribution in [0.5, 0.6) is 11.5 Å². The molecule has 0 spiro atoms. The summed E-state index contributed by atoms with van der Waals surface area (Å²) in [4.78, 5) is 0.947. The molecule has 3 nitrogen and oxygen atoms in total. The van der Waals surface area contributed by atoms with Crippen molar-refractivity contribution in [1.82, 2.24) is 0 Å². The molecule has 1 N–H and O–H groups in total. The number of aliphatic hydroxyl groups excluding tert-OH is 1. The molecule has 0 aliphatic carbocycles. The van der Waals surface area contributed by atoms with Crippen molar-refractivity contribution in [1.29, 1.82) is 0 Å². The molecule has 18 heavy (non-hydrogen) atoms. The first kappa shape index (κ1) is 11.6. The van der Waals surface area contributed by atoms with Crippen LogP contribution >= 0.6 is 11.3 Å². The van der Waals surface area contributed by atoms with E-state index in [2.05, 4.69) is 0 Å². The number of ether oxygens (including phenoxy) is 2. The van der Waals surface area contributed by atoms with Gasteiger partial charge in [-0.15, -0.1) is 11.3 Å². The first-order chi connectivity index (χ1) is 8.75. The summed E-state index contributed by atoms with van der Waals surface area (Å²) in [7, 11) is 0. The highest BCUT2D eigenvalue weighted by Crippen LogP contribution is 2.36. The van der Waals surface area contributed by atoms with E-state index in [1.54, 1.807) is 11.3 Å². The zero-order chi connectivity index (χ0) is 12.5. The van der Waals surface area contributed by atoms with Gasteiger partial charge in [-0.2, -0.15) is 0 Å². The fourth-order valence-electron chi connectivity index (χ4n) is 2.05. The highest BCUT2D eigenvalue weighted by Gasteiger charge is 2.30. The molecule has 1 aromatic heterocycles. The fraction of sp³-hybridized carbons (Fsp3) is 0.286. The van der Waals surface area contributed by atoms with E-state index >= 15 is 0 Å². The number of aryl methyl sites for hydroxylation is 1. The molecule has 0 radical (unpaired) electrons. The Morgan fingerprint density at radius 2 is 2.06 bits per heavy atom. The van der Waals surface area contributed by atoms with E-state index in [0.29, 0.717) is 12.4 Å². The maximum absolute atomic E-state index is 10.3. The maximum atomic E-state index is 10.3. The highest BCUT2D eigenvalue weighted by atomic mass is 32.1.